The minimum Gasteiger partial charge on any atom is -0.370 e. The van der Waals surface area contributed by atoms with Crippen LogP contribution in [0.2, 0.25) is 0 Å². The molecule has 0 bridgehead atoms. The minimum atomic E-state index is -2.41. The van der Waals surface area contributed by atoms with E-state index in [2.05, 4.69) is 48.6 Å². The van der Waals surface area contributed by atoms with E-state index in [-0.39, 0.29) is 5.78 Å². The van der Waals surface area contributed by atoms with Crippen molar-refractivity contribution in [2.24, 2.45) is 0 Å². The highest BCUT2D eigenvalue weighted by atomic mass is 32.5. The van der Waals surface area contributed by atoms with Crippen LogP contribution in [0.3, 0.4) is 0 Å². The molecule has 2 aromatic carbocycles. The van der Waals surface area contributed by atoms with Gasteiger partial charge in [0.1, 0.15) is 5.78 Å². The molecule has 3 rings (SSSR count). The lowest BCUT2D eigenvalue weighted by Crippen LogP contribution is -2.19. The third kappa shape index (κ3) is 4.02. The van der Waals surface area contributed by atoms with Crippen LogP contribution in [0.4, 0.5) is 5.69 Å². The Bertz CT molecular complexity index is 682. The molecule has 1 heterocycles. The van der Waals surface area contributed by atoms with E-state index in [1.54, 1.807) is 0 Å². The van der Waals surface area contributed by atoms with Crippen molar-refractivity contribution in [3.63, 3.8) is 0 Å². The van der Waals surface area contributed by atoms with Gasteiger partial charge in [-0.3, -0.25) is 0 Å². The molecular weight excluding hydrogens is 325 g/mol. The molecule has 1 atom stereocenters. The summed E-state index contributed by atoms with van der Waals surface area (Å²) in [5, 5.41) is 3.58. The molecule has 1 saturated heterocycles. The molecule has 1 aliphatic heterocycles. The summed E-state index contributed by atoms with van der Waals surface area (Å²) in [6.07, 6.45) is 1.91. The molecular formula is C18H22NO2PS. The van der Waals surface area contributed by atoms with E-state index in [0.717, 1.165) is 24.1 Å². The van der Waals surface area contributed by atoms with E-state index in [0.29, 0.717) is 13.2 Å². The van der Waals surface area contributed by atoms with E-state index in [1.807, 2.05) is 18.2 Å². The first kappa shape index (κ1) is 16.7. The first-order valence-electron chi connectivity index (χ1n) is 8.00. The zero-order valence-electron chi connectivity index (χ0n) is 13.3. The molecule has 0 aliphatic carbocycles. The van der Waals surface area contributed by atoms with Crippen LogP contribution in [0, 0.1) is 0 Å². The molecule has 0 saturated carbocycles. The normalized spacial score (nSPS) is 18.3. The summed E-state index contributed by atoms with van der Waals surface area (Å²) in [7, 11) is 0. The van der Waals surface area contributed by atoms with Crippen LogP contribution in [-0.2, 0) is 27.3 Å². The van der Waals surface area contributed by atoms with E-state index in [1.165, 1.54) is 5.56 Å². The molecule has 2 aromatic rings. The van der Waals surface area contributed by atoms with Gasteiger partial charge in [0.2, 0.25) is 6.49 Å². The predicted molar refractivity (Wildman–Crippen MR) is 99.4 cm³/mol. The van der Waals surface area contributed by atoms with Crippen molar-refractivity contribution in [3.05, 3.63) is 65.7 Å². The largest absolute Gasteiger partial charge is 0.370 e. The molecule has 1 aliphatic rings. The standard InChI is InChI=1S/C18H22NO2PS/c1-2-15-8-6-11-17(14-15)19-18(16-9-4-3-5-10-16)22(23)20-12-7-13-21-22/h3-6,8-11,14,18-19H,2,7,12-13H2,1H3/t18-/m0/s1. The average Bonchev–Trinajstić information content (AvgIpc) is 2.61. The second-order valence-electron chi connectivity index (χ2n) is 5.57. The van der Waals surface area contributed by atoms with Gasteiger partial charge < -0.3 is 14.4 Å². The van der Waals surface area contributed by atoms with Gasteiger partial charge in [0.25, 0.3) is 0 Å². The first-order chi connectivity index (χ1) is 11.2. The summed E-state index contributed by atoms with van der Waals surface area (Å²) < 4.78 is 11.9. The third-order valence-electron chi connectivity index (χ3n) is 3.90. The number of benzene rings is 2. The highest BCUT2D eigenvalue weighted by Crippen LogP contribution is 2.62. The summed E-state index contributed by atoms with van der Waals surface area (Å²) >= 11 is 5.82. The van der Waals surface area contributed by atoms with Gasteiger partial charge in [0.15, 0.2) is 0 Å². The van der Waals surface area contributed by atoms with E-state index in [4.69, 9.17) is 20.9 Å². The molecule has 5 heteroatoms. The summed E-state index contributed by atoms with van der Waals surface area (Å²) in [5.41, 5.74) is 3.46. The molecule has 1 fully saturated rings. The predicted octanol–water partition coefficient (Wildman–Crippen LogP) is 5.11. The Morgan fingerprint density at radius 3 is 2.52 bits per heavy atom. The molecule has 23 heavy (non-hydrogen) atoms. The number of anilines is 1. The summed E-state index contributed by atoms with van der Waals surface area (Å²) in [5.74, 6) is -0.133. The SMILES string of the molecule is CCc1cccc(N[C@H](c2ccccc2)P2(=S)OCCCO2)c1. The van der Waals surface area contributed by atoms with Gasteiger partial charge in [-0.25, -0.2) is 0 Å². The quantitative estimate of drug-likeness (QED) is 0.762. The molecule has 0 spiro atoms. The molecule has 0 radical (unpaired) electrons. The van der Waals surface area contributed by atoms with Crippen molar-refractivity contribution in [2.45, 2.75) is 25.5 Å². The third-order valence-corrected chi connectivity index (χ3v) is 7.31. The van der Waals surface area contributed by atoms with Gasteiger partial charge in [0.05, 0.1) is 13.2 Å². The van der Waals surface area contributed by atoms with Crippen molar-refractivity contribution in [1.82, 2.24) is 0 Å². The Kier molecular flexibility index (Phi) is 5.50. The topological polar surface area (TPSA) is 30.5 Å². The van der Waals surface area contributed by atoms with E-state index in [9.17, 15) is 0 Å². The molecule has 0 aromatic heterocycles. The van der Waals surface area contributed by atoms with Crippen LogP contribution in [0.5, 0.6) is 0 Å². The highest BCUT2D eigenvalue weighted by molar-refractivity contribution is 8.10. The van der Waals surface area contributed by atoms with Crippen molar-refractivity contribution in [1.29, 1.82) is 0 Å². The van der Waals surface area contributed by atoms with E-state index < -0.39 is 6.49 Å². The van der Waals surface area contributed by atoms with Crippen molar-refractivity contribution >= 4 is 24.0 Å². The molecule has 122 valence electrons. The van der Waals surface area contributed by atoms with Gasteiger partial charge in [-0.1, -0.05) is 49.4 Å². The summed E-state index contributed by atoms with van der Waals surface area (Å²) in [6, 6.07) is 18.7. The Morgan fingerprint density at radius 2 is 1.83 bits per heavy atom. The number of hydrogen-bond acceptors (Lipinski definition) is 4. The zero-order valence-corrected chi connectivity index (χ0v) is 15.0. The summed E-state index contributed by atoms with van der Waals surface area (Å²) in [4.78, 5) is 0. The fourth-order valence-corrected chi connectivity index (χ4v) is 5.60. The second-order valence-corrected chi connectivity index (χ2v) is 9.21. The maximum Gasteiger partial charge on any atom is 0.215 e. The zero-order chi connectivity index (χ0) is 16.1. The van der Waals surface area contributed by atoms with Crippen LogP contribution in [0.1, 0.15) is 30.3 Å². The Morgan fingerprint density at radius 1 is 1.09 bits per heavy atom. The molecule has 0 amide bonds. The van der Waals surface area contributed by atoms with Crippen LogP contribution in [0.15, 0.2) is 54.6 Å². The lowest BCUT2D eigenvalue weighted by molar-refractivity contribution is 0.175. The number of rotatable bonds is 5. The lowest BCUT2D eigenvalue weighted by atomic mass is 10.1. The lowest BCUT2D eigenvalue weighted by Gasteiger charge is -2.34. The average molecular weight is 347 g/mol. The molecule has 1 N–H and O–H groups in total. The first-order valence-corrected chi connectivity index (χ1v) is 10.7. The van der Waals surface area contributed by atoms with E-state index >= 15 is 0 Å². The van der Waals surface area contributed by atoms with Gasteiger partial charge in [-0.05, 0) is 47.9 Å². The summed E-state index contributed by atoms with van der Waals surface area (Å²) in [6.45, 7) is 1.10. The number of hydrogen-bond donors (Lipinski definition) is 1. The maximum atomic E-state index is 5.95. The highest BCUT2D eigenvalue weighted by Gasteiger charge is 2.34. The van der Waals surface area contributed by atoms with Crippen LogP contribution in [-0.4, -0.2) is 13.2 Å². The van der Waals surface area contributed by atoms with Crippen LogP contribution >= 0.6 is 6.49 Å². The Hall–Kier alpha value is -1.19. The van der Waals surface area contributed by atoms with Gasteiger partial charge in [0, 0.05) is 5.69 Å². The Labute approximate surface area is 143 Å². The van der Waals surface area contributed by atoms with Gasteiger partial charge in [-0.2, -0.15) is 0 Å². The van der Waals surface area contributed by atoms with Crippen molar-refractivity contribution in [2.75, 3.05) is 18.5 Å². The second kappa shape index (κ2) is 7.59. The Balaban J connectivity index is 1.93. The smallest absolute Gasteiger partial charge is 0.215 e. The van der Waals surface area contributed by atoms with Crippen LogP contribution in [0.25, 0.3) is 0 Å². The number of nitrogens with one attached hydrogen (secondary N) is 1. The van der Waals surface area contributed by atoms with Crippen molar-refractivity contribution < 1.29 is 9.05 Å². The fourth-order valence-electron chi connectivity index (χ4n) is 2.65. The fraction of sp³-hybridized carbons (Fsp3) is 0.333. The number of aryl methyl sites for hydroxylation is 1. The maximum absolute atomic E-state index is 5.95. The monoisotopic (exact) mass is 347 g/mol. The van der Waals surface area contributed by atoms with Crippen molar-refractivity contribution in [3.8, 4) is 0 Å². The minimum absolute atomic E-state index is 0.133. The van der Waals surface area contributed by atoms with Gasteiger partial charge >= 0.3 is 0 Å². The van der Waals surface area contributed by atoms with Gasteiger partial charge in [-0.15, -0.1) is 0 Å². The molecule has 3 nitrogen and oxygen atoms in total. The molecule has 0 unspecified atom stereocenters. The van der Waals surface area contributed by atoms with Crippen LogP contribution < -0.4 is 5.32 Å².